The van der Waals surface area contributed by atoms with Gasteiger partial charge in [-0.3, -0.25) is 4.98 Å². The minimum Gasteiger partial charge on any atom is -0.396 e. The van der Waals surface area contributed by atoms with Crippen LogP contribution in [0.2, 0.25) is 0 Å². The summed E-state index contributed by atoms with van der Waals surface area (Å²) in [7, 11) is 0. The molecular weight excluding hydrogens is 212 g/mol. The predicted octanol–water partition coefficient (Wildman–Crippen LogP) is 2.53. The highest BCUT2D eigenvalue weighted by Gasteiger charge is 2.25. The summed E-state index contributed by atoms with van der Waals surface area (Å²) in [6, 6.07) is 6.43. The van der Waals surface area contributed by atoms with Gasteiger partial charge in [0.15, 0.2) is 0 Å². The summed E-state index contributed by atoms with van der Waals surface area (Å²) in [4.78, 5) is 4.35. The summed E-state index contributed by atoms with van der Waals surface area (Å²) in [5.41, 5.74) is 1.17. The Labute approximate surface area is 104 Å². The Morgan fingerprint density at radius 1 is 1.35 bits per heavy atom. The third-order valence-electron chi connectivity index (χ3n) is 3.05. The van der Waals surface area contributed by atoms with E-state index in [1.165, 1.54) is 0 Å². The second-order valence-electron chi connectivity index (χ2n) is 5.57. The molecule has 1 rings (SSSR count). The average Bonchev–Trinajstić information content (AvgIpc) is 2.28. The van der Waals surface area contributed by atoms with Crippen LogP contribution in [0.15, 0.2) is 24.4 Å². The fourth-order valence-electron chi connectivity index (χ4n) is 1.91. The topological polar surface area (TPSA) is 45.1 Å². The van der Waals surface area contributed by atoms with Gasteiger partial charge in [-0.25, -0.2) is 0 Å². The van der Waals surface area contributed by atoms with Crippen LogP contribution in [0, 0.1) is 5.41 Å². The first-order valence-corrected chi connectivity index (χ1v) is 6.23. The number of rotatable bonds is 5. The van der Waals surface area contributed by atoms with Crippen molar-refractivity contribution in [3.8, 4) is 0 Å². The van der Waals surface area contributed by atoms with Gasteiger partial charge < -0.3 is 10.4 Å². The maximum Gasteiger partial charge on any atom is 0.0570 e. The van der Waals surface area contributed by atoms with Crippen molar-refractivity contribution in [2.75, 3.05) is 6.61 Å². The standard InChI is InChI=1S/C14H24N2O/c1-11(12-7-5-6-9-15-12)16-13(8-10-17)14(2,3)4/h5-7,9,11,13,16-17H,8,10H2,1-4H3. The quantitative estimate of drug-likeness (QED) is 0.825. The van der Waals surface area contributed by atoms with E-state index in [-0.39, 0.29) is 24.1 Å². The molecule has 3 heteroatoms. The lowest BCUT2D eigenvalue weighted by molar-refractivity contribution is 0.187. The molecule has 0 aliphatic rings. The van der Waals surface area contributed by atoms with Crippen LogP contribution in [-0.2, 0) is 0 Å². The molecule has 17 heavy (non-hydrogen) atoms. The van der Waals surface area contributed by atoms with Gasteiger partial charge in [0.25, 0.3) is 0 Å². The molecule has 0 fully saturated rings. The number of pyridine rings is 1. The third-order valence-corrected chi connectivity index (χ3v) is 3.05. The molecule has 0 saturated heterocycles. The van der Waals surface area contributed by atoms with Gasteiger partial charge in [-0.05, 0) is 30.9 Å². The molecule has 2 atom stereocenters. The second-order valence-corrected chi connectivity index (χ2v) is 5.57. The number of aromatic nitrogens is 1. The van der Waals surface area contributed by atoms with E-state index in [0.717, 1.165) is 12.1 Å². The van der Waals surface area contributed by atoms with Gasteiger partial charge in [0, 0.05) is 24.9 Å². The first-order chi connectivity index (χ1) is 7.95. The Hall–Kier alpha value is -0.930. The van der Waals surface area contributed by atoms with Crippen molar-refractivity contribution in [2.24, 2.45) is 5.41 Å². The van der Waals surface area contributed by atoms with E-state index < -0.39 is 0 Å². The molecule has 0 aliphatic heterocycles. The van der Waals surface area contributed by atoms with Crippen LogP contribution in [0.1, 0.15) is 45.9 Å². The number of hydrogen-bond acceptors (Lipinski definition) is 3. The van der Waals surface area contributed by atoms with Crippen LogP contribution in [0.5, 0.6) is 0 Å². The van der Waals surface area contributed by atoms with Gasteiger partial charge in [-0.15, -0.1) is 0 Å². The molecule has 1 aromatic rings. The molecule has 0 radical (unpaired) electrons. The molecule has 0 aromatic carbocycles. The van der Waals surface area contributed by atoms with Gasteiger partial charge in [0.1, 0.15) is 0 Å². The fourth-order valence-corrected chi connectivity index (χ4v) is 1.91. The molecule has 2 unspecified atom stereocenters. The minimum atomic E-state index is 0.131. The molecule has 1 heterocycles. The second kappa shape index (κ2) is 6.12. The Morgan fingerprint density at radius 2 is 2.06 bits per heavy atom. The highest BCUT2D eigenvalue weighted by Crippen LogP contribution is 2.24. The Kier molecular flexibility index (Phi) is 5.09. The molecule has 0 spiro atoms. The highest BCUT2D eigenvalue weighted by molar-refractivity contribution is 5.08. The molecule has 3 nitrogen and oxygen atoms in total. The van der Waals surface area contributed by atoms with Gasteiger partial charge in [0.05, 0.1) is 5.69 Å². The molecule has 0 saturated carbocycles. The maximum atomic E-state index is 9.13. The van der Waals surface area contributed by atoms with Crippen LogP contribution in [0.4, 0.5) is 0 Å². The van der Waals surface area contributed by atoms with Crippen LogP contribution in [0.25, 0.3) is 0 Å². The van der Waals surface area contributed by atoms with E-state index in [1.807, 2.05) is 24.4 Å². The number of aliphatic hydroxyl groups is 1. The lowest BCUT2D eigenvalue weighted by Crippen LogP contribution is -2.42. The van der Waals surface area contributed by atoms with E-state index in [0.29, 0.717) is 0 Å². The summed E-state index contributed by atoms with van der Waals surface area (Å²) in [5.74, 6) is 0. The van der Waals surface area contributed by atoms with Crippen LogP contribution < -0.4 is 5.32 Å². The van der Waals surface area contributed by atoms with Crippen LogP contribution >= 0.6 is 0 Å². The summed E-state index contributed by atoms with van der Waals surface area (Å²) in [5, 5.41) is 12.7. The monoisotopic (exact) mass is 236 g/mol. The summed E-state index contributed by atoms with van der Waals surface area (Å²) >= 11 is 0. The first-order valence-electron chi connectivity index (χ1n) is 6.23. The van der Waals surface area contributed by atoms with E-state index >= 15 is 0 Å². The zero-order valence-electron chi connectivity index (χ0n) is 11.3. The van der Waals surface area contributed by atoms with Gasteiger partial charge in [-0.2, -0.15) is 0 Å². The smallest absolute Gasteiger partial charge is 0.0570 e. The Balaban J connectivity index is 2.68. The van der Waals surface area contributed by atoms with Crippen molar-refractivity contribution in [2.45, 2.75) is 46.2 Å². The molecule has 96 valence electrons. The zero-order chi connectivity index (χ0) is 12.9. The van der Waals surface area contributed by atoms with Gasteiger partial charge >= 0.3 is 0 Å². The number of nitrogens with one attached hydrogen (secondary N) is 1. The molecule has 1 aromatic heterocycles. The minimum absolute atomic E-state index is 0.131. The van der Waals surface area contributed by atoms with Crippen molar-refractivity contribution in [3.05, 3.63) is 30.1 Å². The summed E-state index contributed by atoms with van der Waals surface area (Å²) in [6.07, 6.45) is 2.58. The number of nitrogens with zero attached hydrogens (tertiary/aromatic N) is 1. The number of aliphatic hydroxyl groups excluding tert-OH is 1. The highest BCUT2D eigenvalue weighted by atomic mass is 16.3. The van der Waals surface area contributed by atoms with E-state index in [9.17, 15) is 0 Å². The first kappa shape index (κ1) is 14.1. The largest absolute Gasteiger partial charge is 0.396 e. The van der Waals surface area contributed by atoms with Crippen molar-refractivity contribution >= 4 is 0 Å². The van der Waals surface area contributed by atoms with Crippen LogP contribution in [0.3, 0.4) is 0 Å². The average molecular weight is 236 g/mol. The van der Waals surface area contributed by atoms with Crippen LogP contribution in [-0.4, -0.2) is 22.7 Å². The predicted molar refractivity (Wildman–Crippen MR) is 70.7 cm³/mol. The van der Waals surface area contributed by atoms with Crippen molar-refractivity contribution in [1.29, 1.82) is 0 Å². The van der Waals surface area contributed by atoms with Gasteiger partial charge in [-0.1, -0.05) is 26.8 Å². The van der Waals surface area contributed by atoms with Crippen molar-refractivity contribution in [1.82, 2.24) is 10.3 Å². The lowest BCUT2D eigenvalue weighted by atomic mass is 9.84. The Morgan fingerprint density at radius 3 is 2.53 bits per heavy atom. The zero-order valence-corrected chi connectivity index (χ0v) is 11.3. The third kappa shape index (κ3) is 4.44. The lowest BCUT2D eigenvalue weighted by Gasteiger charge is -2.33. The molecule has 0 aliphatic carbocycles. The molecular formula is C14H24N2O. The van der Waals surface area contributed by atoms with E-state index in [1.54, 1.807) is 0 Å². The molecule has 2 N–H and O–H groups in total. The van der Waals surface area contributed by atoms with E-state index in [2.05, 4.69) is 38.0 Å². The van der Waals surface area contributed by atoms with E-state index in [4.69, 9.17) is 5.11 Å². The molecule has 0 bridgehead atoms. The number of hydrogen-bond donors (Lipinski definition) is 2. The summed E-state index contributed by atoms with van der Waals surface area (Å²) < 4.78 is 0. The maximum absolute atomic E-state index is 9.13. The van der Waals surface area contributed by atoms with Crippen molar-refractivity contribution < 1.29 is 5.11 Å². The molecule has 0 amide bonds. The normalized spacial score (nSPS) is 15.6. The Bertz CT molecular complexity index is 319. The van der Waals surface area contributed by atoms with Crippen molar-refractivity contribution in [3.63, 3.8) is 0 Å². The SMILES string of the molecule is CC(NC(CCO)C(C)(C)C)c1ccccn1. The van der Waals surface area contributed by atoms with Gasteiger partial charge in [0.2, 0.25) is 0 Å². The fraction of sp³-hybridized carbons (Fsp3) is 0.643. The summed E-state index contributed by atoms with van der Waals surface area (Å²) in [6.45, 7) is 8.88.